The smallest absolute Gasteiger partial charge is 0.242 e. The summed E-state index contributed by atoms with van der Waals surface area (Å²) in [6, 6.07) is 6.47. The van der Waals surface area contributed by atoms with Gasteiger partial charge in [-0.25, -0.2) is 12.7 Å². The Bertz CT molecular complexity index is 599. The Hall–Kier alpha value is -1.35. The molecule has 1 unspecified atom stereocenters. The van der Waals surface area contributed by atoms with Gasteiger partial charge in [0.15, 0.2) is 0 Å². The summed E-state index contributed by atoms with van der Waals surface area (Å²) in [7, 11) is -1.90. The zero-order valence-electron chi connectivity index (χ0n) is 12.1. The van der Waals surface area contributed by atoms with Crippen LogP contribution >= 0.6 is 0 Å². The SMILES string of the molecule is CCC(C)CN(C)S(=O)(=O)c1cccc(C#CCO)c1. The van der Waals surface area contributed by atoms with E-state index in [1.807, 2.05) is 13.8 Å². The van der Waals surface area contributed by atoms with Gasteiger partial charge in [-0.15, -0.1) is 0 Å². The second-order valence-electron chi connectivity index (χ2n) is 4.79. The van der Waals surface area contributed by atoms with Crippen molar-refractivity contribution in [3.8, 4) is 11.8 Å². The molecule has 0 spiro atoms. The van der Waals surface area contributed by atoms with Crippen molar-refractivity contribution in [2.24, 2.45) is 5.92 Å². The number of nitrogens with zero attached hydrogens (tertiary/aromatic N) is 1. The molecule has 0 amide bonds. The average Bonchev–Trinajstić information content (AvgIpc) is 2.45. The van der Waals surface area contributed by atoms with E-state index in [2.05, 4.69) is 11.8 Å². The molecule has 5 heteroatoms. The second kappa shape index (κ2) is 7.44. The quantitative estimate of drug-likeness (QED) is 0.841. The lowest BCUT2D eigenvalue weighted by Crippen LogP contribution is -2.31. The molecule has 0 aliphatic heterocycles. The molecule has 0 radical (unpaired) electrons. The predicted molar refractivity (Wildman–Crippen MR) is 79.7 cm³/mol. The molecular weight excluding hydrogens is 274 g/mol. The third kappa shape index (κ3) is 4.34. The molecule has 1 aromatic carbocycles. The Morgan fingerprint density at radius 3 is 2.70 bits per heavy atom. The van der Waals surface area contributed by atoms with Crippen LogP contribution in [0.25, 0.3) is 0 Å². The first-order chi connectivity index (χ1) is 9.41. The van der Waals surface area contributed by atoms with Crippen LogP contribution in [0.1, 0.15) is 25.8 Å². The minimum atomic E-state index is -3.49. The minimum Gasteiger partial charge on any atom is -0.384 e. The van der Waals surface area contributed by atoms with Crippen molar-refractivity contribution in [2.75, 3.05) is 20.2 Å². The zero-order chi connectivity index (χ0) is 15.2. The summed E-state index contributed by atoms with van der Waals surface area (Å²) in [4.78, 5) is 0.230. The van der Waals surface area contributed by atoms with Gasteiger partial charge in [0, 0.05) is 19.2 Å². The van der Waals surface area contributed by atoms with Crippen molar-refractivity contribution in [1.29, 1.82) is 0 Å². The molecule has 0 bridgehead atoms. The van der Waals surface area contributed by atoms with E-state index in [4.69, 9.17) is 5.11 Å². The lowest BCUT2D eigenvalue weighted by molar-refractivity contribution is 0.350. The van der Waals surface area contributed by atoms with Gasteiger partial charge in [0.25, 0.3) is 0 Å². The molecule has 0 aliphatic rings. The highest BCUT2D eigenvalue weighted by Crippen LogP contribution is 2.17. The van der Waals surface area contributed by atoms with E-state index in [-0.39, 0.29) is 11.5 Å². The third-order valence-electron chi connectivity index (χ3n) is 3.12. The lowest BCUT2D eigenvalue weighted by Gasteiger charge is -2.20. The van der Waals surface area contributed by atoms with Crippen LogP contribution in [0.4, 0.5) is 0 Å². The number of sulfonamides is 1. The fourth-order valence-corrected chi connectivity index (χ4v) is 3.06. The molecule has 0 heterocycles. The van der Waals surface area contributed by atoms with Crippen molar-refractivity contribution in [3.63, 3.8) is 0 Å². The third-order valence-corrected chi connectivity index (χ3v) is 4.94. The summed E-state index contributed by atoms with van der Waals surface area (Å²) >= 11 is 0. The molecule has 0 aromatic heterocycles. The Morgan fingerprint density at radius 1 is 1.40 bits per heavy atom. The molecule has 110 valence electrons. The minimum absolute atomic E-state index is 0.230. The first kappa shape index (κ1) is 16.7. The largest absolute Gasteiger partial charge is 0.384 e. The van der Waals surface area contributed by atoms with Crippen LogP contribution < -0.4 is 0 Å². The molecule has 0 saturated heterocycles. The summed E-state index contributed by atoms with van der Waals surface area (Å²) in [5.41, 5.74) is 0.581. The van der Waals surface area contributed by atoms with Crippen molar-refractivity contribution in [2.45, 2.75) is 25.2 Å². The monoisotopic (exact) mass is 295 g/mol. The maximum Gasteiger partial charge on any atom is 0.242 e. The molecule has 4 nitrogen and oxygen atoms in total. The van der Waals surface area contributed by atoms with Gasteiger partial charge >= 0.3 is 0 Å². The summed E-state index contributed by atoms with van der Waals surface area (Å²) < 4.78 is 26.3. The van der Waals surface area contributed by atoms with E-state index in [0.29, 0.717) is 18.0 Å². The number of hydrogen-bond donors (Lipinski definition) is 1. The molecule has 1 N–H and O–H groups in total. The highest BCUT2D eigenvalue weighted by Gasteiger charge is 2.21. The summed E-state index contributed by atoms with van der Waals surface area (Å²) in [6.07, 6.45) is 0.932. The molecule has 1 atom stereocenters. The molecule has 20 heavy (non-hydrogen) atoms. The van der Waals surface area contributed by atoms with Crippen LogP contribution in [0, 0.1) is 17.8 Å². The Balaban J connectivity index is 3.03. The van der Waals surface area contributed by atoms with Crippen molar-refractivity contribution in [3.05, 3.63) is 29.8 Å². The molecule has 0 saturated carbocycles. The van der Waals surface area contributed by atoms with Gasteiger partial charge < -0.3 is 5.11 Å². The van der Waals surface area contributed by atoms with Crippen molar-refractivity contribution >= 4 is 10.0 Å². The first-order valence-electron chi connectivity index (χ1n) is 6.58. The van der Waals surface area contributed by atoms with E-state index < -0.39 is 10.0 Å². The van der Waals surface area contributed by atoms with E-state index in [0.717, 1.165) is 6.42 Å². The standard InChI is InChI=1S/C15H21NO3S/c1-4-13(2)12-16(3)20(18,19)15-9-5-7-14(11-15)8-6-10-17/h5,7,9,11,13,17H,4,10,12H2,1-3H3. The summed E-state index contributed by atoms with van der Waals surface area (Å²) in [6.45, 7) is 4.31. The molecule has 0 fully saturated rings. The predicted octanol–water partition coefficient (Wildman–Crippen LogP) is 1.70. The number of benzene rings is 1. The van der Waals surface area contributed by atoms with E-state index in [9.17, 15) is 8.42 Å². The molecular formula is C15H21NO3S. The Labute approximate surface area is 121 Å². The van der Waals surface area contributed by atoms with E-state index in [1.165, 1.54) is 10.4 Å². The highest BCUT2D eigenvalue weighted by molar-refractivity contribution is 7.89. The fourth-order valence-electron chi connectivity index (χ4n) is 1.72. The van der Waals surface area contributed by atoms with E-state index in [1.54, 1.807) is 25.2 Å². The molecule has 1 aromatic rings. The summed E-state index contributed by atoms with van der Waals surface area (Å²) in [5, 5.41) is 8.67. The number of rotatable bonds is 5. The van der Waals surface area contributed by atoms with Gasteiger partial charge in [-0.2, -0.15) is 0 Å². The van der Waals surface area contributed by atoms with E-state index >= 15 is 0 Å². The average molecular weight is 295 g/mol. The van der Waals surface area contributed by atoms with Gasteiger partial charge in [-0.1, -0.05) is 38.2 Å². The fraction of sp³-hybridized carbons (Fsp3) is 0.467. The van der Waals surface area contributed by atoms with Gasteiger partial charge in [0.2, 0.25) is 10.0 Å². The van der Waals surface area contributed by atoms with Crippen LogP contribution in [0.5, 0.6) is 0 Å². The number of hydrogen-bond acceptors (Lipinski definition) is 3. The topological polar surface area (TPSA) is 57.6 Å². The van der Waals surface area contributed by atoms with Crippen LogP contribution in [0.3, 0.4) is 0 Å². The van der Waals surface area contributed by atoms with Gasteiger partial charge in [0.1, 0.15) is 6.61 Å². The van der Waals surface area contributed by atoms with Crippen LogP contribution in [-0.2, 0) is 10.0 Å². The molecule has 1 rings (SSSR count). The number of aliphatic hydroxyl groups is 1. The maximum absolute atomic E-state index is 12.4. The van der Waals surface area contributed by atoms with Crippen molar-refractivity contribution < 1.29 is 13.5 Å². The van der Waals surface area contributed by atoms with Gasteiger partial charge in [0.05, 0.1) is 4.90 Å². The Kier molecular flexibility index (Phi) is 6.21. The normalized spacial score (nSPS) is 12.8. The number of aliphatic hydroxyl groups excluding tert-OH is 1. The maximum atomic E-state index is 12.4. The van der Waals surface area contributed by atoms with Crippen LogP contribution in [-0.4, -0.2) is 38.0 Å². The lowest BCUT2D eigenvalue weighted by atomic mass is 10.1. The Morgan fingerprint density at radius 2 is 2.10 bits per heavy atom. The molecule has 0 aliphatic carbocycles. The van der Waals surface area contributed by atoms with Gasteiger partial charge in [-0.3, -0.25) is 0 Å². The zero-order valence-corrected chi connectivity index (χ0v) is 12.9. The van der Waals surface area contributed by atoms with Crippen LogP contribution in [0.15, 0.2) is 29.2 Å². The summed E-state index contributed by atoms with van der Waals surface area (Å²) in [5.74, 6) is 5.54. The first-order valence-corrected chi connectivity index (χ1v) is 8.02. The second-order valence-corrected chi connectivity index (χ2v) is 6.83. The van der Waals surface area contributed by atoms with Crippen LogP contribution in [0.2, 0.25) is 0 Å². The van der Waals surface area contributed by atoms with Crippen molar-refractivity contribution in [1.82, 2.24) is 4.31 Å². The van der Waals surface area contributed by atoms with Gasteiger partial charge in [-0.05, 0) is 24.1 Å². The highest BCUT2D eigenvalue weighted by atomic mass is 32.2.